The summed E-state index contributed by atoms with van der Waals surface area (Å²) in [6.45, 7) is 5.62. The maximum Gasteiger partial charge on any atom is 0.124 e. The highest BCUT2D eigenvalue weighted by Crippen LogP contribution is 2.16. The molecule has 2 rings (SSSR count). The highest BCUT2D eigenvalue weighted by atomic mass is 19.1. The second-order valence-corrected chi connectivity index (χ2v) is 4.80. The van der Waals surface area contributed by atoms with Crippen molar-refractivity contribution in [1.29, 1.82) is 5.26 Å². The van der Waals surface area contributed by atoms with Crippen molar-refractivity contribution in [3.05, 3.63) is 59.2 Å². The average molecular weight is 271 g/mol. The van der Waals surface area contributed by atoms with Gasteiger partial charge >= 0.3 is 0 Å². The van der Waals surface area contributed by atoms with Crippen molar-refractivity contribution < 1.29 is 4.39 Å². The molecule has 1 aromatic heterocycles. The van der Waals surface area contributed by atoms with Crippen LogP contribution in [0.15, 0.2) is 36.5 Å². The summed E-state index contributed by atoms with van der Waals surface area (Å²) >= 11 is 0. The minimum atomic E-state index is -0.368. The smallest absolute Gasteiger partial charge is 0.124 e. The van der Waals surface area contributed by atoms with Crippen molar-refractivity contribution in [3.8, 4) is 6.07 Å². The lowest BCUT2D eigenvalue weighted by Gasteiger charge is -2.16. The number of aromatic nitrogens is 1. The topological polar surface area (TPSA) is 40.8 Å². The normalized spacial score (nSPS) is 12.1. The van der Waals surface area contributed by atoms with Gasteiger partial charge in [0.25, 0.3) is 0 Å². The standard InChI is InChI=1S/C16H18FN3/c1-3-19-12(2)16-5-4-6-20(16)11-14-7-13(10-18)8-15(17)9-14/h4-9,12,19H,3,11H2,1-2H3. The van der Waals surface area contributed by atoms with Crippen molar-refractivity contribution in [2.75, 3.05) is 6.54 Å². The molecule has 3 nitrogen and oxygen atoms in total. The zero-order valence-corrected chi connectivity index (χ0v) is 11.7. The summed E-state index contributed by atoms with van der Waals surface area (Å²) in [7, 11) is 0. The Morgan fingerprint density at radius 1 is 1.40 bits per heavy atom. The molecule has 0 aliphatic carbocycles. The van der Waals surface area contributed by atoms with Gasteiger partial charge < -0.3 is 9.88 Å². The molecule has 0 saturated carbocycles. The fourth-order valence-corrected chi connectivity index (χ4v) is 2.38. The van der Waals surface area contributed by atoms with Crippen LogP contribution >= 0.6 is 0 Å². The van der Waals surface area contributed by atoms with E-state index in [2.05, 4.69) is 29.8 Å². The van der Waals surface area contributed by atoms with Crippen LogP contribution in [0.4, 0.5) is 4.39 Å². The van der Waals surface area contributed by atoms with Gasteiger partial charge in [-0.15, -0.1) is 0 Å². The number of rotatable bonds is 5. The molecule has 1 atom stereocenters. The zero-order valence-electron chi connectivity index (χ0n) is 11.7. The zero-order chi connectivity index (χ0) is 14.5. The second-order valence-electron chi connectivity index (χ2n) is 4.80. The van der Waals surface area contributed by atoms with E-state index in [-0.39, 0.29) is 11.9 Å². The molecule has 20 heavy (non-hydrogen) atoms. The number of nitriles is 1. The molecule has 0 fully saturated rings. The number of hydrogen-bond acceptors (Lipinski definition) is 2. The molecular weight excluding hydrogens is 253 g/mol. The SMILES string of the molecule is CCNC(C)c1cccn1Cc1cc(F)cc(C#N)c1. The lowest BCUT2D eigenvalue weighted by molar-refractivity contribution is 0.552. The Kier molecular flexibility index (Phi) is 4.54. The quantitative estimate of drug-likeness (QED) is 0.907. The van der Waals surface area contributed by atoms with Gasteiger partial charge in [0.1, 0.15) is 5.82 Å². The molecule has 104 valence electrons. The Morgan fingerprint density at radius 2 is 2.20 bits per heavy atom. The van der Waals surface area contributed by atoms with E-state index in [0.717, 1.165) is 17.8 Å². The Bertz CT molecular complexity index is 625. The number of hydrogen-bond donors (Lipinski definition) is 1. The third kappa shape index (κ3) is 3.25. The maximum atomic E-state index is 13.5. The largest absolute Gasteiger partial charge is 0.346 e. The highest BCUT2D eigenvalue weighted by Gasteiger charge is 2.10. The molecule has 2 aromatic rings. The molecule has 1 N–H and O–H groups in total. The molecule has 1 heterocycles. The summed E-state index contributed by atoms with van der Waals surface area (Å²) in [5.41, 5.74) is 2.30. The molecule has 4 heteroatoms. The molecular formula is C16H18FN3. The van der Waals surface area contributed by atoms with E-state index in [4.69, 9.17) is 5.26 Å². The summed E-state index contributed by atoms with van der Waals surface area (Å²) in [5.74, 6) is -0.368. The fraction of sp³-hybridized carbons (Fsp3) is 0.312. The van der Waals surface area contributed by atoms with E-state index < -0.39 is 0 Å². The summed E-state index contributed by atoms with van der Waals surface area (Å²) in [4.78, 5) is 0. The van der Waals surface area contributed by atoms with Crippen molar-refractivity contribution in [2.45, 2.75) is 26.4 Å². The fourth-order valence-electron chi connectivity index (χ4n) is 2.38. The van der Waals surface area contributed by atoms with Crippen molar-refractivity contribution in [2.24, 2.45) is 0 Å². The first kappa shape index (κ1) is 14.3. The Hall–Kier alpha value is -2.12. The van der Waals surface area contributed by atoms with Gasteiger partial charge in [-0.05, 0) is 49.4 Å². The van der Waals surface area contributed by atoms with Crippen LogP contribution < -0.4 is 5.32 Å². The Labute approximate surface area is 118 Å². The number of nitrogens with zero attached hydrogens (tertiary/aromatic N) is 2. The van der Waals surface area contributed by atoms with Crippen LogP contribution in [0.5, 0.6) is 0 Å². The van der Waals surface area contributed by atoms with E-state index in [1.165, 1.54) is 12.1 Å². The third-order valence-electron chi connectivity index (χ3n) is 3.26. The van der Waals surface area contributed by atoms with Crippen molar-refractivity contribution >= 4 is 0 Å². The minimum Gasteiger partial charge on any atom is -0.346 e. The molecule has 0 saturated heterocycles. The Balaban J connectivity index is 2.25. The van der Waals surface area contributed by atoms with E-state index in [1.807, 2.05) is 18.3 Å². The first-order valence-electron chi connectivity index (χ1n) is 6.72. The summed E-state index contributed by atoms with van der Waals surface area (Å²) in [6, 6.07) is 10.7. The van der Waals surface area contributed by atoms with Crippen LogP contribution in [0.3, 0.4) is 0 Å². The molecule has 0 bridgehead atoms. The summed E-state index contributed by atoms with van der Waals surface area (Å²) in [5, 5.41) is 12.3. The summed E-state index contributed by atoms with van der Waals surface area (Å²) in [6.07, 6.45) is 1.97. The van der Waals surface area contributed by atoms with Gasteiger partial charge in [0.2, 0.25) is 0 Å². The minimum absolute atomic E-state index is 0.235. The van der Waals surface area contributed by atoms with Crippen LogP contribution in [0, 0.1) is 17.1 Å². The van der Waals surface area contributed by atoms with Gasteiger partial charge in [-0.25, -0.2) is 4.39 Å². The number of benzene rings is 1. The molecule has 0 spiro atoms. The predicted molar refractivity (Wildman–Crippen MR) is 76.7 cm³/mol. The molecule has 0 aliphatic rings. The molecule has 0 aliphatic heterocycles. The van der Waals surface area contributed by atoms with Crippen LogP contribution in [0.1, 0.15) is 36.7 Å². The van der Waals surface area contributed by atoms with Gasteiger partial charge in [-0.3, -0.25) is 0 Å². The van der Waals surface area contributed by atoms with Crippen LogP contribution in [0.2, 0.25) is 0 Å². The molecule has 1 aromatic carbocycles. The van der Waals surface area contributed by atoms with E-state index in [9.17, 15) is 4.39 Å². The monoisotopic (exact) mass is 271 g/mol. The molecule has 0 radical (unpaired) electrons. The van der Waals surface area contributed by atoms with Gasteiger partial charge in [0, 0.05) is 24.5 Å². The first-order valence-corrected chi connectivity index (χ1v) is 6.72. The Morgan fingerprint density at radius 3 is 2.90 bits per heavy atom. The van der Waals surface area contributed by atoms with Crippen LogP contribution in [-0.4, -0.2) is 11.1 Å². The van der Waals surface area contributed by atoms with Crippen LogP contribution in [0.25, 0.3) is 0 Å². The summed E-state index contributed by atoms with van der Waals surface area (Å²) < 4.78 is 15.5. The van der Waals surface area contributed by atoms with Crippen LogP contribution in [-0.2, 0) is 6.54 Å². The average Bonchev–Trinajstić information content (AvgIpc) is 2.86. The van der Waals surface area contributed by atoms with Crippen molar-refractivity contribution in [3.63, 3.8) is 0 Å². The highest BCUT2D eigenvalue weighted by molar-refractivity contribution is 5.34. The maximum absolute atomic E-state index is 13.5. The van der Waals surface area contributed by atoms with Crippen molar-refractivity contribution in [1.82, 2.24) is 9.88 Å². The lowest BCUT2D eigenvalue weighted by atomic mass is 10.1. The van der Waals surface area contributed by atoms with Gasteiger partial charge in [-0.2, -0.15) is 5.26 Å². The number of nitrogens with one attached hydrogen (secondary N) is 1. The predicted octanol–water partition coefficient (Wildman–Crippen LogP) is 3.22. The number of halogens is 1. The molecule has 1 unspecified atom stereocenters. The first-order chi connectivity index (χ1) is 9.63. The molecule has 0 amide bonds. The van der Waals surface area contributed by atoms with E-state index in [0.29, 0.717) is 12.1 Å². The van der Waals surface area contributed by atoms with Gasteiger partial charge in [0.05, 0.1) is 11.6 Å². The second kappa shape index (κ2) is 6.36. The van der Waals surface area contributed by atoms with E-state index in [1.54, 1.807) is 6.07 Å². The van der Waals surface area contributed by atoms with Gasteiger partial charge in [0.15, 0.2) is 0 Å². The lowest BCUT2D eigenvalue weighted by Crippen LogP contribution is -2.20. The third-order valence-corrected chi connectivity index (χ3v) is 3.26. The van der Waals surface area contributed by atoms with Gasteiger partial charge in [-0.1, -0.05) is 6.92 Å². The van der Waals surface area contributed by atoms with E-state index >= 15 is 0 Å².